The second kappa shape index (κ2) is 7.12. The van der Waals surface area contributed by atoms with Gasteiger partial charge in [-0.05, 0) is 24.3 Å². The summed E-state index contributed by atoms with van der Waals surface area (Å²) in [6, 6.07) is 10.2. The number of rotatable bonds is 5. The van der Waals surface area contributed by atoms with Crippen molar-refractivity contribution in [3.63, 3.8) is 0 Å². The highest BCUT2D eigenvalue weighted by atomic mass is 19.1. The third kappa shape index (κ3) is 4.60. The summed E-state index contributed by atoms with van der Waals surface area (Å²) in [6.07, 6.45) is 0. The number of carbonyl (C=O) groups is 2. The van der Waals surface area contributed by atoms with Crippen molar-refractivity contribution in [3.8, 4) is 0 Å². The second-order valence-electron chi connectivity index (χ2n) is 4.44. The van der Waals surface area contributed by atoms with Crippen molar-refractivity contribution in [1.29, 1.82) is 0 Å². The van der Waals surface area contributed by atoms with Gasteiger partial charge < -0.3 is 10.1 Å². The zero-order chi connectivity index (χ0) is 16.8. The number of benzene rings is 2. The van der Waals surface area contributed by atoms with Crippen molar-refractivity contribution in [3.05, 3.63) is 70.0 Å². The Hall–Kier alpha value is -3.29. The molecule has 1 amide bonds. The van der Waals surface area contributed by atoms with Crippen molar-refractivity contribution >= 4 is 23.3 Å². The number of ether oxygens (including phenoxy) is 1. The number of hydrogen-bond acceptors (Lipinski definition) is 5. The summed E-state index contributed by atoms with van der Waals surface area (Å²) >= 11 is 0. The summed E-state index contributed by atoms with van der Waals surface area (Å²) in [5, 5.41) is 13.0. The van der Waals surface area contributed by atoms with E-state index < -0.39 is 29.2 Å². The molecule has 0 fully saturated rings. The second-order valence-corrected chi connectivity index (χ2v) is 4.44. The highest BCUT2D eigenvalue weighted by Gasteiger charge is 2.14. The Labute approximate surface area is 129 Å². The molecular weight excluding hydrogens is 307 g/mol. The Morgan fingerprint density at radius 2 is 1.91 bits per heavy atom. The molecule has 0 spiro atoms. The van der Waals surface area contributed by atoms with Crippen LogP contribution in [0.1, 0.15) is 10.4 Å². The van der Waals surface area contributed by atoms with E-state index >= 15 is 0 Å². The van der Waals surface area contributed by atoms with Crippen LogP contribution in [0, 0.1) is 15.9 Å². The highest BCUT2D eigenvalue weighted by Crippen LogP contribution is 2.14. The first-order valence-electron chi connectivity index (χ1n) is 6.43. The lowest BCUT2D eigenvalue weighted by molar-refractivity contribution is -0.384. The molecule has 0 unspecified atom stereocenters. The molecule has 0 radical (unpaired) electrons. The molecule has 8 heteroatoms. The molecule has 0 bridgehead atoms. The molecule has 0 saturated carbocycles. The van der Waals surface area contributed by atoms with Gasteiger partial charge in [0.15, 0.2) is 6.61 Å². The molecule has 2 aromatic carbocycles. The Bertz CT molecular complexity index is 763. The van der Waals surface area contributed by atoms with Crippen LogP contribution in [0.25, 0.3) is 0 Å². The van der Waals surface area contributed by atoms with Crippen molar-refractivity contribution in [1.82, 2.24) is 0 Å². The van der Waals surface area contributed by atoms with Gasteiger partial charge >= 0.3 is 5.97 Å². The average molecular weight is 318 g/mol. The Balaban J connectivity index is 1.92. The van der Waals surface area contributed by atoms with E-state index in [0.29, 0.717) is 0 Å². The highest BCUT2D eigenvalue weighted by molar-refractivity contribution is 5.95. The molecular formula is C15H11FN2O5. The number of nitro groups is 1. The Morgan fingerprint density at radius 1 is 1.17 bits per heavy atom. The van der Waals surface area contributed by atoms with E-state index in [0.717, 1.165) is 12.1 Å². The summed E-state index contributed by atoms with van der Waals surface area (Å²) in [7, 11) is 0. The Morgan fingerprint density at radius 3 is 2.61 bits per heavy atom. The largest absolute Gasteiger partial charge is 0.452 e. The van der Waals surface area contributed by atoms with Crippen LogP contribution >= 0.6 is 0 Å². The van der Waals surface area contributed by atoms with E-state index in [1.165, 1.54) is 36.4 Å². The number of halogens is 1. The lowest BCUT2D eigenvalue weighted by Gasteiger charge is -2.06. The monoisotopic (exact) mass is 318 g/mol. The molecule has 2 rings (SSSR count). The summed E-state index contributed by atoms with van der Waals surface area (Å²) in [6.45, 7) is -0.599. The van der Waals surface area contributed by atoms with E-state index in [1.54, 1.807) is 0 Å². The number of non-ortho nitro benzene ring substituents is 1. The van der Waals surface area contributed by atoms with Crippen molar-refractivity contribution in [2.75, 3.05) is 11.9 Å². The van der Waals surface area contributed by atoms with E-state index in [4.69, 9.17) is 4.74 Å². The zero-order valence-electron chi connectivity index (χ0n) is 11.7. The fraction of sp³-hybridized carbons (Fsp3) is 0.0667. The van der Waals surface area contributed by atoms with Crippen LogP contribution in [0.2, 0.25) is 0 Å². The van der Waals surface area contributed by atoms with Gasteiger partial charge in [-0.15, -0.1) is 0 Å². The summed E-state index contributed by atoms with van der Waals surface area (Å²) < 4.78 is 17.7. The predicted molar refractivity (Wildman–Crippen MR) is 78.4 cm³/mol. The number of nitrogens with one attached hydrogen (secondary N) is 1. The van der Waals surface area contributed by atoms with Gasteiger partial charge in [-0.25, -0.2) is 9.18 Å². The van der Waals surface area contributed by atoms with Crippen LogP contribution in [-0.4, -0.2) is 23.4 Å². The molecule has 1 N–H and O–H groups in total. The van der Waals surface area contributed by atoms with Gasteiger partial charge in [-0.2, -0.15) is 0 Å². The molecule has 23 heavy (non-hydrogen) atoms. The standard InChI is InChI=1S/C15H11FN2O5/c16-11-4-2-5-12(8-11)17-14(19)9-23-15(20)10-3-1-6-13(7-10)18(21)22/h1-8H,9H2,(H,17,19). The number of carbonyl (C=O) groups excluding carboxylic acids is 2. The number of esters is 1. The number of nitrogens with zero attached hydrogens (tertiary/aromatic N) is 1. The molecule has 0 atom stereocenters. The van der Waals surface area contributed by atoms with Gasteiger partial charge in [-0.1, -0.05) is 12.1 Å². The number of nitro benzene ring substituents is 1. The van der Waals surface area contributed by atoms with Gasteiger partial charge in [0.2, 0.25) is 0 Å². The summed E-state index contributed by atoms with van der Waals surface area (Å²) in [4.78, 5) is 33.3. The van der Waals surface area contributed by atoms with E-state index in [2.05, 4.69) is 5.32 Å². The molecule has 0 heterocycles. The lowest BCUT2D eigenvalue weighted by Crippen LogP contribution is -2.21. The number of amides is 1. The van der Waals surface area contributed by atoms with Crippen LogP contribution in [0.5, 0.6) is 0 Å². The van der Waals surface area contributed by atoms with Crippen LogP contribution in [-0.2, 0) is 9.53 Å². The summed E-state index contributed by atoms with van der Waals surface area (Å²) in [5.74, 6) is -2.05. The fourth-order valence-corrected chi connectivity index (χ4v) is 1.72. The Kier molecular flexibility index (Phi) is 4.98. The minimum atomic E-state index is -0.872. The van der Waals surface area contributed by atoms with Crippen molar-refractivity contribution in [2.45, 2.75) is 0 Å². The quantitative estimate of drug-likeness (QED) is 0.519. The molecule has 0 aliphatic carbocycles. The molecule has 0 aliphatic heterocycles. The van der Waals surface area contributed by atoms with Crippen molar-refractivity contribution in [2.24, 2.45) is 0 Å². The van der Waals surface area contributed by atoms with Crippen molar-refractivity contribution < 1.29 is 23.6 Å². The SMILES string of the molecule is O=C(COC(=O)c1cccc([N+](=O)[O-])c1)Nc1cccc(F)c1. The van der Waals surface area contributed by atoms with E-state index in [-0.39, 0.29) is 16.9 Å². The smallest absolute Gasteiger partial charge is 0.338 e. The molecule has 7 nitrogen and oxygen atoms in total. The van der Waals surface area contributed by atoms with E-state index in [9.17, 15) is 24.1 Å². The number of hydrogen-bond donors (Lipinski definition) is 1. The maximum atomic E-state index is 13.0. The van der Waals surface area contributed by atoms with Gasteiger partial charge in [0.1, 0.15) is 5.82 Å². The first-order valence-corrected chi connectivity index (χ1v) is 6.43. The first kappa shape index (κ1) is 16.1. The minimum Gasteiger partial charge on any atom is -0.452 e. The predicted octanol–water partition coefficient (Wildman–Crippen LogP) is 2.53. The number of anilines is 1. The maximum Gasteiger partial charge on any atom is 0.338 e. The van der Waals surface area contributed by atoms with Crippen LogP contribution in [0.4, 0.5) is 15.8 Å². The van der Waals surface area contributed by atoms with Gasteiger partial charge in [0.05, 0.1) is 10.5 Å². The average Bonchev–Trinajstić information content (AvgIpc) is 2.52. The molecule has 2 aromatic rings. The summed E-state index contributed by atoms with van der Waals surface area (Å²) in [5.41, 5.74) is -0.0807. The molecule has 118 valence electrons. The lowest BCUT2D eigenvalue weighted by atomic mass is 10.2. The van der Waals surface area contributed by atoms with Gasteiger partial charge in [-0.3, -0.25) is 14.9 Å². The third-order valence-corrected chi connectivity index (χ3v) is 2.74. The van der Waals surface area contributed by atoms with Crippen LogP contribution in [0.3, 0.4) is 0 Å². The van der Waals surface area contributed by atoms with Crippen LogP contribution in [0.15, 0.2) is 48.5 Å². The molecule has 0 aromatic heterocycles. The van der Waals surface area contributed by atoms with Gasteiger partial charge in [0, 0.05) is 17.8 Å². The topological polar surface area (TPSA) is 98.5 Å². The van der Waals surface area contributed by atoms with Gasteiger partial charge in [0.25, 0.3) is 11.6 Å². The van der Waals surface area contributed by atoms with E-state index in [1.807, 2.05) is 0 Å². The minimum absolute atomic E-state index is 0.0437. The fourth-order valence-electron chi connectivity index (χ4n) is 1.72. The zero-order valence-corrected chi connectivity index (χ0v) is 11.7. The third-order valence-electron chi connectivity index (χ3n) is 2.74. The first-order chi connectivity index (χ1) is 11.0. The van der Waals surface area contributed by atoms with Crippen LogP contribution < -0.4 is 5.32 Å². The molecule has 0 aliphatic rings. The molecule has 0 saturated heterocycles. The maximum absolute atomic E-state index is 13.0. The normalized spacial score (nSPS) is 9.96.